The van der Waals surface area contributed by atoms with Crippen LogP contribution in [0.1, 0.15) is 28.9 Å². The van der Waals surface area contributed by atoms with Gasteiger partial charge in [-0.2, -0.15) is 0 Å². The molecule has 2 aromatic rings. The molecular weight excluding hydrogens is 243 g/mol. The normalized spacial score (nSPS) is 15.5. The van der Waals surface area contributed by atoms with E-state index in [-0.39, 0.29) is 5.56 Å². The van der Waals surface area contributed by atoms with Gasteiger partial charge in [-0.15, -0.1) is 0 Å². The molecule has 0 spiro atoms. The van der Waals surface area contributed by atoms with Gasteiger partial charge in [-0.05, 0) is 12.5 Å². The van der Waals surface area contributed by atoms with Gasteiger partial charge in [0, 0.05) is 5.56 Å². The van der Waals surface area contributed by atoms with Gasteiger partial charge in [-0.25, -0.2) is 4.39 Å². The Morgan fingerprint density at radius 2 is 1.53 bits per heavy atom. The maximum atomic E-state index is 14.6. The number of carbonyl (C=O) groups excluding carboxylic acids is 1. The van der Waals surface area contributed by atoms with Crippen LogP contribution < -0.4 is 0 Å². The molecule has 0 unspecified atom stereocenters. The van der Waals surface area contributed by atoms with E-state index in [1.807, 2.05) is 0 Å². The zero-order chi connectivity index (χ0) is 13.9. The lowest BCUT2D eigenvalue weighted by atomic mass is 9.87. The second kappa shape index (κ2) is 5.33. The zero-order valence-electron chi connectivity index (χ0n) is 10.6. The summed E-state index contributed by atoms with van der Waals surface area (Å²) < 4.78 is 14.6. The third-order valence-corrected chi connectivity index (χ3v) is 3.11. The lowest BCUT2D eigenvalue weighted by Gasteiger charge is -2.25. The van der Waals surface area contributed by atoms with E-state index < -0.39 is 17.6 Å². The minimum atomic E-state index is -2.36. The SMILES string of the molecule is C[C@](F)(C(=O)c1ccccc1)[C@@H](O)c1ccccc1. The van der Waals surface area contributed by atoms with Crippen molar-refractivity contribution in [2.24, 2.45) is 0 Å². The number of ketones is 1. The summed E-state index contributed by atoms with van der Waals surface area (Å²) in [6.07, 6.45) is -1.48. The molecule has 0 bridgehead atoms. The highest BCUT2D eigenvalue weighted by atomic mass is 19.1. The van der Waals surface area contributed by atoms with Gasteiger partial charge in [0.15, 0.2) is 5.67 Å². The molecule has 98 valence electrons. The van der Waals surface area contributed by atoms with Crippen LogP contribution >= 0.6 is 0 Å². The van der Waals surface area contributed by atoms with E-state index in [0.717, 1.165) is 6.92 Å². The van der Waals surface area contributed by atoms with Crippen molar-refractivity contribution in [3.63, 3.8) is 0 Å². The molecule has 0 fully saturated rings. The Hall–Kier alpha value is -2.00. The van der Waals surface area contributed by atoms with Crippen molar-refractivity contribution < 1.29 is 14.3 Å². The Balaban J connectivity index is 2.30. The van der Waals surface area contributed by atoms with Crippen LogP contribution in [0.2, 0.25) is 0 Å². The Morgan fingerprint density at radius 1 is 1.05 bits per heavy atom. The number of aliphatic hydroxyl groups is 1. The average molecular weight is 258 g/mol. The average Bonchev–Trinajstić information content (AvgIpc) is 2.47. The molecule has 0 aliphatic rings. The highest BCUT2D eigenvalue weighted by Crippen LogP contribution is 2.32. The quantitative estimate of drug-likeness (QED) is 0.854. The summed E-state index contributed by atoms with van der Waals surface area (Å²) in [6.45, 7) is 1.11. The van der Waals surface area contributed by atoms with Crippen molar-refractivity contribution in [1.82, 2.24) is 0 Å². The first-order chi connectivity index (χ1) is 9.03. The summed E-state index contributed by atoms with van der Waals surface area (Å²) in [5.41, 5.74) is -1.72. The van der Waals surface area contributed by atoms with Crippen LogP contribution in [0.4, 0.5) is 4.39 Å². The second-order valence-corrected chi connectivity index (χ2v) is 4.58. The molecule has 0 saturated carbocycles. The molecule has 2 atom stereocenters. The molecule has 0 saturated heterocycles. The molecule has 0 heterocycles. The minimum absolute atomic E-state index is 0.252. The summed E-state index contributed by atoms with van der Waals surface area (Å²) in [4.78, 5) is 12.1. The van der Waals surface area contributed by atoms with E-state index in [0.29, 0.717) is 5.56 Å². The minimum Gasteiger partial charge on any atom is -0.385 e. The highest BCUT2D eigenvalue weighted by Gasteiger charge is 2.42. The van der Waals surface area contributed by atoms with E-state index in [2.05, 4.69) is 0 Å². The molecule has 0 aromatic heterocycles. The summed E-state index contributed by atoms with van der Waals surface area (Å²) in [7, 11) is 0. The zero-order valence-corrected chi connectivity index (χ0v) is 10.6. The van der Waals surface area contributed by atoms with Gasteiger partial charge in [0.05, 0.1) is 0 Å². The first-order valence-electron chi connectivity index (χ1n) is 6.05. The van der Waals surface area contributed by atoms with Gasteiger partial charge >= 0.3 is 0 Å². The summed E-state index contributed by atoms with van der Waals surface area (Å²) in [6, 6.07) is 16.5. The summed E-state index contributed by atoms with van der Waals surface area (Å²) in [5.74, 6) is -0.718. The predicted octanol–water partition coefficient (Wildman–Crippen LogP) is 3.33. The number of aliphatic hydroxyl groups excluding tert-OH is 1. The van der Waals surface area contributed by atoms with Crippen LogP contribution in [0.5, 0.6) is 0 Å². The van der Waals surface area contributed by atoms with Gasteiger partial charge in [-0.3, -0.25) is 4.79 Å². The van der Waals surface area contributed by atoms with Gasteiger partial charge in [0.25, 0.3) is 0 Å². The maximum absolute atomic E-state index is 14.6. The largest absolute Gasteiger partial charge is 0.385 e. The van der Waals surface area contributed by atoms with Crippen LogP contribution in [0, 0.1) is 0 Å². The molecule has 0 aliphatic heterocycles. The van der Waals surface area contributed by atoms with Crippen molar-refractivity contribution in [3.05, 3.63) is 71.8 Å². The number of alkyl halides is 1. The first-order valence-corrected chi connectivity index (χ1v) is 6.05. The van der Waals surface area contributed by atoms with Crippen LogP contribution in [0.25, 0.3) is 0 Å². The van der Waals surface area contributed by atoms with E-state index in [1.165, 1.54) is 12.1 Å². The molecule has 19 heavy (non-hydrogen) atoms. The third kappa shape index (κ3) is 2.71. The van der Waals surface area contributed by atoms with E-state index in [9.17, 15) is 14.3 Å². The predicted molar refractivity (Wildman–Crippen MR) is 71.7 cm³/mol. The molecule has 0 aliphatic carbocycles. The second-order valence-electron chi connectivity index (χ2n) is 4.58. The lowest BCUT2D eigenvalue weighted by Crippen LogP contribution is -2.37. The third-order valence-electron chi connectivity index (χ3n) is 3.11. The molecule has 1 N–H and O–H groups in total. The van der Waals surface area contributed by atoms with Crippen LogP contribution in [0.3, 0.4) is 0 Å². The maximum Gasteiger partial charge on any atom is 0.202 e. The number of benzene rings is 2. The fourth-order valence-electron chi connectivity index (χ4n) is 1.94. The molecule has 3 heteroatoms. The van der Waals surface area contributed by atoms with Gasteiger partial charge < -0.3 is 5.11 Å². The number of rotatable bonds is 4. The molecule has 0 amide bonds. The monoisotopic (exact) mass is 258 g/mol. The molecule has 2 aromatic carbocycles. The fourth-order valence-corrected chi connectivity index (χ4v) is 1.94. The Morgan fingerprint density at radius 3 is 2.05 bits per heavy atom. The van der Waals surface area contributed by atoms with Crippen molar-refractivity contribution in [1.29, 1.82) is 0 Å². The van der Waals surface area contributed by atoms with Crippen LogP contribution in [-0.2, 0) is 0 Å². The molecular formula is C16H15FO2. The van der Waals surface area contributed by atoms with Gasteiger partial charge in [-0.1, -0.05) is 60.7 Å². The van der Waals surface area contributed by atoms with E-state index in [1.54, 1.807) is 48.5 Å². The summed E-state index contributed by atoms with van der Waals surface area (Å²) >= 11 is 0. The fraction of sp³-hybridized carbons (Fsp3) is 0.188. The van der Waals surface area contributed by atoms with Crippen molar-refractivity contribution in [2.75, 3.05) is 0 Å². The van der Waals surface area contributed by atoms with Crippen LogP contribution in [-0.4, -0.2) is 16.6 Å². The Labute approximate surface area is 111 Å². The molecule has 0 radical (unpaired) electrons. The summed E-state index contributed by atoms with van der Waals surface area (Å²) in [5, 5.41) is 10.1. The van der Waals surface area contributed by atoms with E-state index >= 15 is 0 Å². The molecule has 2 nitrogen and oxygen atoms in total. The Kier molecular flexibility index (Phi) is 3.76. The van der Waals surface area contributed by atoms with Gasteiger partial charge in [0.1, 0.15) is 6.10 Å². The van der Waals surface area contributed by atoms with E-state index in [4.69, 9.17) is 0 Å². The van der Waals surface area contributed by atoms with Crippen LogP contribution in [0.15, 0.2) is 60.7 Å². The van der Waals surface area contributed by atoms with Crippen molar-refractivity contribution in [3.8, 4) is 0 Å². The number of hydrogen-bond donors (Lipinski definition) is 1. The lowest BCUT2D eigenvalue weighted by molar-refractivity contribution is 0.00964. The smallest absolute Gasteiger partial charge is 0.202 e. The topological polar surface area (TPSA) is 37.3 Å². The standard InChI is InChI=1S/C16H15FO2/c1-16(17,14(18)12-8-4-2-5-9-12)15(19)13-10-6-3-7-11-13/h2-11,14,18H,1H3/t14-,16+/m0/s1. The van der Waals surface area contributed by atoms with Crippen molar-refractivity contribution in [2.45, 2.75) is 18.7 Å². The van der Waals surface area contributed by atoms with Crippen molar-refractivity contribution >= 4 is 5.78 Å². The number of hydrogen-bond acceptors (Lipinski definition) is 2. The molecule has 2 rings (SSSR count). The number of carbonyl (C=O) groups is 1. The van der Waals surface area contributed by atoms with Gasteiger partial charge in [0.2, 0.25) is 5.78 Å². The highest BCUT2D eigenvalue weighted by molar-refractivity contribution is 6.02. The number of Topliss-reactive ketones (excluding diaryl/α,β-unsaturated/α-hetero) is 1. The Bertz CT molecular complexity index is 549. The first kappa shape index (κ1) is 13.4. The number of halogens is 1.